The molecule has 0 radical (unpaired) electrons. The fourth-order valence-corrected chi connectivity index (χ4v) is 2.48. The molecule has 23 heavy (non-hydrogen) atoms. The molecule has 4 heteroatoms. The number of hydrogen-bond donors (Lipinski definition) is 1. The number of benzene rings is 1. The van der Waals surface area contributed by atoms with Gasteiger partial charge in [0, 0.05) is 0 Å². The number of hydrogen-bond acceptors (Lipinski definition) is 3. The van der Waals surface area contributed by atoms with Crippen molar-refractivity contribution in [1.29, 1.82) is 0 Å². The molecule has 3 nitrogen and oxygen atoms in total. The van der Waals surface area contributed by atoms with E-state index in [1.165, 1.54) is 57.4 Å². The summed E-state index contributed by atoms with van der Waals surface area (Å²) in [5.74, 6) is -0.454. The van der Waals surface area contributed by atoms with Crippen molar-refractivity contribution in [3.63, 3.8) is 0 Å². The van der Waals surface area contributed by atoms with Gasteiger partial charge in [0.05, 0.1) is 6.61 Å². The first-order valence-corrected chi connectivity index (χ1v) is 8.70. The van der Waals surface area contributed by atoms with Crippen molar-refractivity contribution in [3.05, 3.63) is 29.8 Å². The van der Waals surface area contributed by atoms with Gasteiger partial charge >= 0.3 is 35.5 Å². The van der Waals surface area contributed by atoms with E-state index in [1.54, 1.807) is 18.2 Å². The van der Waals surface area contributed by atoms with Gasteiger partial charge in [-0.2, -0.15) is 0 Å². The van der Waals surface area contributed by atoms with Crippen LogP contribution in [-0.2, 0) is 4.74 Å². The summed E-state index contributed by atoms with van der Waals surface area (Å²) < 4.78 is 5.18. The summed E-state index contributed by atoms with van der Waals surface area (Å²) in [4.78, 5) is 11.7. The van der Waals surface area contributed by atoms with Crippen LogP contribution >= 0.6 is 0 Å². The number of carbonyl (C=O) groups is 1. The number of unbranched alkanes of at least 4 members (excludes halogenated alkanes) is 9. The van der Waals surface area contributed by atoms with Crippen LogP contribution in [0.3, 0.4) is 0 Å². The maximum absolute atomic E-state index is 11.7. The van der Waals surface area contributed by atoms with Crippen LogP contribution in [0.25, 0.3) is 0 Å². The summed E-state index contributed by atoms with van der Waals surface area (Å²) in [6.07, 6.45) is 12.6. The predicted octanol–water partition coefficient (Wildman–Crippen LogP) is 4.82. The number of ether oxygens (including phenoxy) is 1. The van der Waals surface area contributed by atoms with Gasteiger partial charge < -0.3 is 9.84 Å². The van der Waals surface area contributed by atoms with Crippen LogP contribution in [0.15, 0.2) is 24.3 Å². The van der Waals surface area contributed by atoms with Gasteiger partial charge in [0.25, 0.3) is 0 Å². The van der Waals surface area contributed by atoms with Gasteiger partial charge in [-0.25, -0.2) is 4.79 Å². The second kappa shape index (κ2) is 15.0. The Morgan fingerprint density at radius 1 is 0.913 bits per heavy atom. The topological polar surface area (TPSA) is 46.5 Å². The number of rotatable bonds is 12. The normalized spacial score (nSPS) is 10.1. The molecule has 0 aliphatic carbocycles. The number of phenols is 1. The van der Waals surface area contributed by atoms with Gasteiger partial charge in [-0.15, -0.1) is 0 Å². The Hall–Kier alpha value is -0.510. The average molecular weight is 330 g/mol. The van der Waals surface area contributed by atoms with Crippen LogP contribution < -0.4 is 0 Å². The molecule has 0 fully saturated rings. The quantitative estimate of drug-likeness (QED) is 0.339. The van der Waals surface area contributed by atoms with E-state index in [-0.39, 0.29) is 40.9 Å². The molecular formula is C19H31NaO3. The Bertz CT molecular complexity index is 421. The molecule has 0 aromatic heterocycles. The molecular weight excluding hydrogens is 299 g/mol. The first-order chi connectivity index (χ1) is 10.8. The number of carbonyl (C=O) groups excluding carboxylic acids is 1. The van der Waals surface area contributed by atoms with E-state index in [9.17, 15) is 9.90 Å². The summed E-state index contributed by atoms with van der Waals surface area (Å²) >= 11 is 0. The number of aromatic hydroxyl groups is 1. The first kappa shape index (κ1) is 22.5. The standard InChI is InChI=1S/C19H30O3.Na.H/c1-2-3-4-5-6-7-8-9-10-13-16-22-19(21)17-14-11-12-15-18(17)20;;/h11-12,14-15,20H,2-10,13,16H2,1H3;;. The van der Waals surface area contributed by atoms with E-state index in [2.05, 4.69) is 6.92 Å². The zero-order chi connectivity index (χ0) is 16.0. The molecule has 1 N–H and O–H groups in total. The van der Waals surface area contributed by atoms with Crippen LogP contribution in [0, 0.1) is 0 Å². The summed E-state index contributed by atoms with van der Waals surface area (Å²) in [5, 5.41) is 9.56. The van der Waals surface area contributed by atoms with Crippen molar-refractivity contribution in [2.45, 2.75) is 71.1 Å². The van der Waals surface area contributed by atoms with Crippen LogP contribution in [-0.4, -0.2) is 47.2 Å². The van der Waals surface area contributed by atoms with E-state index >= 15 is 0 Å². The summed E-state index contributed by atoms with van der Waals surface area (Å²) in [5.41, 5.74) is 0.245. The molecule has 1 aromatic carbocycles. The van der Waals surface area contributed by atoms with Gasteiger partial charge in [-0.05, 0) is 18.6 Å². The zero-order valence-corrected chi connectivity index (χ0v) is 13.9. The fraction of sp³-hybridized carbons (Fsp3) is 0.632. The Labute approximate surface area is 163 Å². The van der Waals surface area contributed by atoms with Crippen LogP contribution in [0.5, 0.6) is 5.75 Å². The molecule has 0 atom stereocenters. The molecule has 0 aliphatic heterocycles. The Kier molecular flexibility index (Phi) is 14.7. The fourth-order valence-electron chi connectivity index (χ4n) is 2.48. The monoisotopic (exact) mass is 330 g/mol. The molecule has 0 heterocycles. The third kappa shape index (κ3) is 10.8. The van der Waals surface area contributed by atoms with E-state index in [1.807, 2.05) is 0 Å². The molecule has 0 spiro atoms. The van der Waals surface area contributed by atoms with Gasteiger partial charge in [0.2, 0.25) is 0 Å². The van der Waals surface area contributed by atoms with Crippen molar-refractivity contribution < 1.29 is 14.6 Å². The van der Waals surface area contributed by atoms with E-state index < -0.39 is 5.97 Å². The second-order valence-corrected chi connectivity index (χ2v) is 5.84. The summed E-state index contributed by atoms with van der Waals surface area (Å²) in [6, 6.07) is 6.48. The van der Waals surface area contributed by atoms with Crippen LogP contribution in [0.4, 0.5) is 0 Å². The zero-order valence-electron chi connectivity index (χ0n) is 13.9. The first-order valence-electron chi connectivity index (χ1n) is 8.70. The maximum atomic E-state index is 11.7. The third-order valence-corrected chi connectivity index (χ3v) is 3.86. The molecule has 0 saturated carbocycles. The molecule has 126 valence electrons. The molecule has 0 unspecified atom stereocenters. The Morgan fingerprint density at radius 2 is 1.43 bits per heavy atom. The third-order valence-electron chi connectivity index (χ3n) is 3.86. The molecule has 0 saturated heterocycles. The minimum absolute atomic E-state index is 0. The molecule has 0 aliphatic rings. The van der Waals surface area contributed by atoms with Gasteiger partial charge in [0.15, 0.2) is 0 Å². The number of esters is 1. The number of phenolic OH excluding ortho intramolecular Hbond substituents is 1. The minimum atomic E-state index is -0.436. The summed E-state index contributed by atoms with van der Waals surface area (Å²) in [7, 11) is 0. The van der Waals surface area contributed by atoms with Gasteiger partial charge in [0.1, 0.15) is 11.3 Å². The molecule has 1 rings (SSSR count). The van der Waals surface area contributed by atoms with Gasteiger partial charge in [-0.1, -0.05) is 76.8 Å². The molecule has 1 aromatic rings. The van der Waals surface area contributed by atoms with E-state index in [4.69, 9.17) is 4.74 Å². The SMILES string of the molecule is CCCCCCCCCCCCOC(=O)c1ccccc1O.[NaH]. The summed E-state index contributed by atoms with van der Waals surface area (Å²) in [6.45, 7) is 2.68. The average Bonchev–Trinajstić information content (AvgIpc) is 2.53. The van der Waals surface area contributed by atoms with E-state index in [0.717, 1.165) is 12.8 Å². The van der Waals surface area contributed by atoms with Gasteiger partial charge in [-0.3, -0.25) is 0 Å². The van der Waals surface area contributed by atoms with Crippen molar-refractivity contribution >= 4 is 35.5 Å². The number of para-hydroxylation sites is 1. The van der Waals surface area contributed by atoms with Crippen molar-refractivity contribution in [2.75, 3.05) is 6.61 Å². The van der Waals surface area contributed by atoms with Crippen molar-refractivity contribution in [2.24, 2.45) is 0 Å². The van der Waals surface area contributed by atoms with Crippen molar-refractivity contribution in [1.82, 2.24) is 0 Å². The van der Waals surface area contributed by atoms with E-state index in [0.29, 0.717) is 6.61 Å². The van der Waals surface area contributed by atoms with Crippen LogP contribution in [0.2, 0.25) is 0 Å². The van der Waals surface area contributed by atoms with Crippen LogP contribution in [0.1, 0.15) is 81.5 Å². The van der Waals surface area contributed by atoms with Crippen molar-refractivity contribution in [3.8, 4) is 5.75 Å². The Balaban J connectivity index is 0.00000484. The predicted molar refractivity (Wildman–Crippen MR) is 97.4 cm³/mol. The molecule has 0 amide bonds. The second-order valence-electron chi connectivity index (χ2n) is 5.84. The molecule has 0 bridgehead atoms. The Morgan fingerprint density at radius 3 is 2.00 bits per heavy atom.